The van der Waals surface area contributed by atoms with Crippen LogP contribution in [0.5, 0.6) is 0 Å². The molecule has 11 heteroatoms. The van der Waals surface area contributed by atoms with E-state index >= 15 is 0 Å². The number of hydrogen-bond donors (Lipinski definition) is 3. The number of rotatable bonds is 6. The number of nitrogens with two attached hydrogens (primary N) is 1. The van der Waals surface area contributed by atoms with Crippen LogP contribution in [0.4, 0.5) is 11.5 Å². The van der Waals surface area contributed by atoms with Gasteiger partial charge in [-0.3, -0.25) is 14.3 Å². The molecule has 0 atom stereocenters. The zero-order valence-electron chi connectivity index (χ0n) is 16.3. The Morgan fingerprint density at radius 1 is 1.30 bits per heavy atom. The van der Waals surface area contributed by atoms with E-state index in [9.17, 15) is 9.59 Å². The zero-order chi connectivity index (χ0) is 21.1. The van der Waals surface area contributed by atoms with Crippen LogP contribution < -0.4 is 16.4 Å². The van der Waals surface area contributed by atoms with E-state index in [0.29, 0.717) is 24.6 Å². The summed E-state index contributed by atoms with van der Waals surface area (Å²) < 4.78 is 12.4. The predicted molar refractivity (Wildman–Crippen MR) is 107 cm³/mol. The summed E-state index contributed by atoms with van der Waals surface area (Å²) in [6.45, 7) is 1.23. The van der Waals surface area contributed by atoms with Crippen molar-refractivity contribution >= 4 is 23.3 Å². The van der Waals surface area contributed by atoms with Crippen molar-refractivity contribution < 1.29 is 18.7 Å². The molecule has 0 spiro atoms. The number of carbonyl (C=O) groups excluding carboxylic acids is 2. The number of carbonyl (C=O) groups is 2. The quantitative estimate of drug-likeness (QED) is 0.554. The number of hydrogen-bond acceptors (Lipinski definition) is 8. The molecule has 0 aromatic carbocycles. The van der Waals surface area contributed by atoms with Crippen LogP contribution in [0.3, 0.4) is 0 Å². The highest BCUT2D eigenvalue weighted by molar-refractivity contribution is 6.07. The van der Waals surface area contributed by atoms with Crippen LogP contribution in [0, 0.1) is 0 Å². The van der Waals surface area contributed by atoms with E-state index in [1.807, 2.05) is 0 Å². The van der Waals surface area contributed by atoms with Crippen molar-refractivity contribution in [3.05, 3.63) is 42.2 Å². The normalized spacial score (nSPS) is 14.4. The van der Waals surface area contributed by atoms with Gasteiger partial charge in [-0.25, -0.2) is 9.97 Å². The van der Waals surface area contributed by atoms with Gasteiger partial charge in [0, 0.05) is 38.2 Å². The van der Waals surface area contributed by atoms with Gasteiger partial charge in [-0.15, -0.1) is 0 Å². The molecule has 3 aromatic heterocycles. The Labute approximate surface area is 171 Å². The Morgan fingerprint density at radius 3 is 2.83 bits per heavy atom. The molecule has 0 aliphatic carbocycles. The SMILES string of the molecule is CNc1cc(-c2nc(C(=O)Nc3cn(C4CCOCC4)nc3C(N)=O)co2)ccn1. The molecule has 156 valence electrons. The molecule has 0 unspecified atom stereocenters. The van der Waals surface area contributed by atoms with Gasteiger partial charge < -0.3 is 25.5 Å². The maximum atomic E-state index is 12.7. The summed E-state index contributed by atoms with van der Waals surface area (Å²) in [5.74, 6) is -0.356. The van der Waals surface area contributed by atoms with E-state index in [-0.39, 0.29) is 29.0 Å². The molecule has 3 aromatic rings. The van der Waals surface area contributed by atoms with Gasteiger partial charge in [0.15, 0.2) is 11.4 Å². The van der Waals surface area contributed by atoms with Gasteiger partial charge in [-0.05, 0) is 25.0 Å². The highest BCUT2D eigenvalue weighted by Crippen LogP contribution is 2.25. The smallest absolute Gasteiger partial charge is 0.277 e. The Hall–Kier alpha value is -3.73. The molecule has 1 saturated heterocycles. The molecule has 0 bridgehead atoms. The molecular formula is C19H21N7O4. The van der Waals surface area contributed by atoms with Crippen LogP contribution in [-0.4, -0.2) is 51.8 Å². The second-order valence-corrected chi connectivity index (χ2v) is 6.75. The van der Waals surface area contributed by atoms with E-state index < -0.39 is 11.8 Å². The molecule has 1 fully saturated rings. The van der Waals surface area contributed by atoms with Crippen molar-refractivity contribution in [2.24, 2.45) is 5.73 Å². The van der Waals surface area contributed by atoms with E-state index in [4.69, 9.17) is 14.9 Å². The minimum atomic E-state index is -0.728. The molecule has 1 aliphatic heterocycles. The van der Waals surface area contributed by atoms with Crippen LogP contribution in [0.15, 0.2) is 35.2 Å². The number of anilines is 2. The minimum absolute atomic E-state index is 0.00800. The molecule has 2 amide bonds. The van der Waals surface area contributed by atoms with Crippen LogP contribution in [0.1, 0.15) is 39.9 Å². The molecule has 4 heterocycles. The molecule has 4 rings (SSSR count). The number of primary amides is 1. The first-order valence-corrected chi connectivity index (χ1v) is 9.43. The van der Waals surface area contributed by atoms with Crippen molar-refractivity contribution in [2.45, 2.75) is 18.9 Å². The first-order chi connectivity index (χ1) is 14.5. The summed E-state index contributed by atoms with van der Waals surface area (Å²) in [5.41, 5.74) is 6.38. The van der Waals surface area contributed by atoms with Gasteiger partial charge in [-0.2, -0.15) is 5.10 Å². The summed E-state index contributed by atoms with van der Waals surface area (Å²) in [5, 5.41) is 9.84. The van der Waals surface area contributed by atoms with Crippen molar-refractivity contribution in [3.63, 3.8) is 0 Å². The fourth-order valence-corrected chi connectivity index (χ4v) is 3.20. The standard InChI is InChI=1S/C19H21N7O4/c1-21-15-8-11(2-5-22-15)19-24-14(10-30-19)18(28)23-13-9-26(25-16(13)17(20)27)12-3-6-29-7-4-12/h2,5,8-10,12H,3-4,6-7H2,1H3,(H2,20,27)(H,21,22)(H,23,28). The van der Waals surface area contributed by atoms with Gasteiger partial charge in [0.05, 0.1) is 11.7 Å². The number of amides is 2. The Balaban J connectivity index is 1.54. The lowest BCUT2D eigenvalue weighted by Gasteiger charge is -2.22. The summed E-state index contributed by atoms with van der Waals surface area (Å²) >= 11 is 0. The number of nitrogens with one attached hydrogen (secondary N) is 2. The Morgan fingerprint density at radius 2 is 2.10 bits per heavy atom. The van der Waals surface area contributed by atoms with Crippen molar-refractivity contribution in [1.82, 2.24) is 19.7 Å². The predicted octanol–water partition coefficient (Wildman–Crippen LogP) is 1.68. The average molecular weight is 411 g/mol. The van der Waals surface area contributed by atoms with Crippen LogP contribution in [0.2, 0.25) is 0 Å². The lowest BCUT2D eigenvalue weighted by atomic mass is 10.1. The second kappa shape index (κ2) is 8.33. The highest BCUT2D eigenvalue weighted by atomic mass is 16.5. The first-order valence-electron chi connectivity index (χ1n) is 9.43. The molecule has 1 aliphatic rings. The van der Waals surface area contributed by atoms with E-state index in [1.165, 1.54) is 6.26 Å². The van der Waals surface area contributed by atoms with Crippen molar-refractivity contribution in [1.29, 1.82) is 0 Å². The third-order valence-corrected chi connectivity index (χ3v) is 4.78. The van der Waals surface area contributed by atoms with Gasteiger partial charge in [0.25, 0.3) is 11.8 Å². The molecule has 30 heavy (non-hydrogen) atoms. The number of oxazole rings is 1. The monoisotopic (exact) mass is 411 g/mol. The number of nitrogens with zero attached hydrogens (tertiary/aromatic N) is 4. The maximum absolute atomic E-state index is 12.7. The summed E-state index contributed by atoms with van der Waals surface area (Å²) in [4.78, 5) is 32.8. The summed E-state index contributed by atoms with van der Waals surface area (Å²) in [6.07, 6.45) is 5.99. The van der Waals surface area contributed by atoms with Crippen molar-refractivity contribution in [2.75, 3.05) is 30.9 Å². The molecule has 0 saturated carbocycles. The first kappa shape index (κ1) is 19.6. The fraction of sp³-hybridized carbons (Fsp3) is 0.316. The number of ether oxygens (including phenoxy) is 1. The average Bonchev–Trinajstić information content (AvgIpc) is 3.42. The topological polar surface area (TPSA) is 150 Å². The Kier molecular flexibility index (Phi) is 5.44. The fourth-order valence-electron chi connectivity index (χ4n) is 3.20. The summed E-state index contributed by atoms with van der Waals surface area (Å²) in [7, 11) is 1.75. The second-order valence-electron chi connectivity index (χ2n) is 6.75. The van der Waals surface area contributed by atoms with E-state index in [2.05, 4.69) is 25.7 Å². The van der Waals surface area contributed by atoms with Gasteiger partial charge >= 0.3 is 0 Å². The molecular weight excluding hydrogens is 390 g/mol. The maximum Gasteiger partial charge on any atom is 0.277 e. The molecule has 0 radical (unpaired) electrons. The van der Waals surface area contributed by atoms with E-state index in [0.717, 1.165) is 12.8 Å². The lowest BCUT2D eigenvalue weighted by Crippen LogP contribution is -2.21. The molecule has 4 N–H and O–H groups in total. The Bertz CT molecular complexity index is 1070. The van der Waals surface area contributed by atoms with Gasteiger partial charge in [0.2, 0.25) is 5.89 Å². The van der Waals surface area contributed by atoms with Crippen LogP contribution in [0.25, 0.3) is 11.5 Å². The number of aromatic nitrogens is 4. The third-order valence-electron chi connectivity index (χ3n) is 4.78. The largest absolute Gasteiger partial charge is 0.444 e. The van der Waals surface area contributed by atoms with Gasteiger partial charge in [-0.1, -0.05) is 0 Å². The molecule has 11 nitrogen and oxygen atoms in total. The lowest BCUT2D eigenvalue weighted by molar-refractivity contribution is 0.0661. The number of pyridine rings is 1. The van der Waals surface area contributed by atoms with E-state index in [1.54, 1.807) is 36.3 Å². The van der Waals surface area contributed by atoms with Crippen molar-refractivity contribution in [3.8, 4) is 11.5 Å². The summed E-state index contributed by atoms with van der Waals surface area (Å²) in [6, 6.07) is 3.54. The minimum Gasteiger partial charge on any atom is -0.444 e. The third kappa shape index (κ3) is 4.01. The van der Waals surface area contributed by atoms with Gasteiger partial charge in [0.1, 0.15) is 12.1 Å². The zero-order valence-corrected chi connectivity index (χ0v) is 16.3. The van der Waals surface area contributed by atoms with Crippen LogP contribution >= 0.6 is 0 Å². The highest BCUT2D eigenvalue weighted by Gasteiger charge is 2.23. The van der Waals surface area contributed by atoms with Crippen LogP contribution in [-0.2, 0) is 4.74 Å².